The molecule has 0 spiro atoms. The Kier molecular flexibility index (Phi) is 113. The van der Waals surface area contributed by atoms with Gasteiger partial charge in [0.2, 0.25) is 0 Å². The average Bonchev–Trinajstić information content (AvgIpc) is 1.00. The van der Waals surface area contributed by atoms with E-state index in [0.717, 1.165) is 0 Å². The minimum absolute atomic E-state index is 0. The van der Waals surface area contributed by atoms with E-state index in [1.165, 1.54) is 16.2 Å². The van der Waals surface area contributed by atoms with Crippen molar-refractivity contribution in [3.8, 4) is 0 Å². The topological polar surface area (TPSA) is 17.1 Å². The van der Waals surface area contributed by atoms with E-state index in [1.54, 1.807) is 0 Å². The molecule has 0 unspecified atom stereocenters. The summed E-state index contributed by atoms with van der Waals surface area (Å²) in [5.41, 5.74) is 0. The van der Waals surface area contributed by atoms with Gasteiger partial charge in [-0.05, 0) is 0 Å². The van der Waals surface area contributed by atoms with Crippen LogP contribution in [-0.2, 0) is 37.1 Å². The summed E-state index contributed by atoms with van der Waals surface area (Å²) >= 11 is 1.38. The molecule has 0 aliphatic heterocycles. The third kappa shape index (κ3) is 9.85. The molecule has 4 heteroatoms. The molecule has 0 rings (SSSR count). The molecule has 0 bridgehead atoms. The van der Waals surface area contributed by atoms with Crippen molar-refractivity contribution in [2.45, 2.75) is 0 Å². The van der Waals surface area contributed by atoms with Gasteiger partial charge in [0.1, 0.15) is 0 Å². The Labute approximate surface area is 55.8 Å². The molecule has 1 nitrogen and oxygen atoms in total. The molecule has 0 atom stereocenters. The second-order valence-electron chi connectivity index (χ2n) is 0. The summed E-state index contributed by atoms with van der Waals surface area (Å²) in [7, 11) is 0. The first-order valence-corrected chi connectivity index (χ1v) is 0.687. The molecule has 22 valence electrons. The van der Waals surface area contributed by atoms with E-state index < -0.39 is 0 Å². The van der Waals surface area contributed by atoms with Crippen LogP contribution in [0.5, 0.6) is 0 Å². The van der Waals surface area contributed by atoms with Gasteiger partial charge >= 0.3 is 38.9 Å². The molecule has 0 aliphatic rings. The maximum atomic E-state index is 8.12. The monoisotopic (exact) mass is 132 g/mol. The van der Waals surface area contributed by atoms with E-state index in [0.29, 0.717) is 0 Å². The first-order valence-electron chi connectivity index (χ1n) is 0.167. The Bertz CT molecular complexity index is 8.00. The van der Waals surface area contributed by atoms with Crippen molar-refractivity contribution in [2.24, 2.45) is 0 Å². The molecule has 0 saturated carbocycles. The fraction of sp³-hybridized carbons (Fsp3) is 0. The van der Waals surface area contributed by atoms with Crippen molar-refractivity contribution in [1.29, 1.82) is 0 Å². The number of rotatable bonds is 0. The van der Waals surface area contributed by atoms with E-state index in [4.69, 9.17) is 3.80 Å². The van der Waals surface area contributed by atoms with Gasteiger partial charge in [-0.3, -0.25) is 0 Å². The first-order chi connectivity index (χ1) is 1.00. The Hall–Kier alpha value is 1.45. The second kappa shape index (κ2) is 25.2. The summed E-state index contributed by atoms with van der Waals surface area (Å²) in [6, 6.07) is 0. The molecule has 0 aromatic rings. The molecule has 0 fully saturated rings. The van der Waals surface area contributed by atoms with E-state index in [9.17, 15) is 0 Å². The molecule has 0 aliphatic carbocycles. The predicted molar refractivity (Wildman–Crippen MR) is 7.84 cm³/mol. The SMILES string of the molecule is [Fe].[LiH].[O]=[Cr]. The molecular weight excluding hydrogens is 131 g/mol. The van der Waals surface area contributed by atoms with Gasteiger partial charge in [-0.2, -0.15) is 0 Å². The summed E-state index contributed by atoms with van der Waals surface area (Å²) in [6.45, 7) is 0. The van der Waals surface area contributed by atoms with Crippen LogP contribution >= 0.6 is 0 Å². The van der Waals surface area contributed by atoms with Crippen molar-refractivity contribution < 1.29 is 37.1 Å². The zero-order valence-electron chi connectivity index (χ0n) is 1.17. The summed E-state index contributed by atoms with van der Waals surface area (Å²) in [4.78, 5) is 0. The Morgan fingerprint density at radius 3 is 1.25 bits per heavy atom. The standard InChI is InChI=1S/Cr.Fe.Li.O.H. The van der Waals surface area contributed by atoms with Crippen LogP contribution in [0.4, 0.5) is 0 Å². The second-order valence-corrected chi connectivity index (χ2v) is 0. The van der Waals surface area contributed by atoms with Gasteiger partial charge in [0.15, 0.2) is 0 Å². The summed E-state index contributed by atoms with van der Waals surface area (Å²) < 4.78 is 8.12. The molecular formula is HCrFeLiO. The van der Waals surface area contributed by atoms with E-state index in [1.807, 2.05) is 0 Å². The normalized spacial score (nSPS) is 1.00. The van der Waals surface area contributed by atoms with Crippen LogP contribution in [0, 0.1) is 0 Å². The summed E-state index contributed by atoms with van der Waals surface area (Å²) in [5, 5.41) is 0. The number of hydrogen-bond acceptors (Lipinski definition) is 1. The Balaban J connectivity index is -0.00000000500. The van der Waals surface area contributed by atoms with Gasteiger partial charge in [-0.15, -0.1) is 0 Å². The van der Waals surface area contributed by atoms with Crippen LogP contribution in [0.25, 0.3) is 0 Å². The molecule has 0 amide bonds. The van der Waals surface area contributed by atoms with Crippen molar-refractivity contribution >= 4 is 18.9 Å². The van der Waals surface area contributed by atoms with Crippen LogP contribution < -0.4 is 0 Å². The molecule has 0 saturated heterocycles. The van der Waals surface area contributed by atoms with Crippen molar-refractivity contribution in [1.82, 2.24) is 0 Å². The summed E-state index contributed by atoms with van der Waals surface area (Å²) in [5.74, 6) is 0. The third-order valence-corrected chi connectivity index (χ3v) is 0. The van der Waals surface area contributed by atoms with Gasteiger partial charge in [0, 0.05) is 17.1 Å². The van der Waals surface area contributed by atoms with Crippen molar-refractivity contribution in [3.05, 3.63) is 0 Å². The zero-order valence-corrected chi connectivity index (χ0v) is 3.55. The zero-order chi connectivity index (χ0) is 2.00. The van der Waals surface area contributed by atoms with Gasteiger partial charge in [0.25, 0.3) is 0 Å². The summed E-state index contributed by atoms with van der Waals surface area (Å²) in [6.07, 6.45) is 0. The third-order valence-electron chi connectivity index (χ3n) is 0. The van der Waals surface area contributed by atoms with Gasteiger partial charge in [-0.25, -0.2) is 0 Å². The van der Waals surface area contributed by atoms with Crippen LogP contribution in [0.15, 0.2) is 0 Å². The molecule has 0 N–H and O–H groups in total. The van der Waals surface area contributed by atoms with Crippen LogP contribution in [-0.4, -0.2) is 18.9 Å². The van der Waals surface area contributed by atoms with Gasteiger partial charge in [0.05, 0.1) is 0 Å². The van der Waals surface area contributed by atoms with E-state index in [2.05, 4.69) is 0 Å². The minimum atomic E-state index is 0. The molecule has 4 heavy (non-hydrogen) atoms. The van der Waals surface area contributed by atoms with Crippen molar-refractivity contribution in [3.63, 3.8) is 0 Å². The van der Waals surface area contributed by atoms with Gasteiger partial charge in [-0.1, -0.05) is 0 Å². The molecule has 0 aromatic carbocycles. The molecule has 0 aromatic heterocycles. The van der Waals surface area contributed by atoms with Crippen LogP contribution in [0.3, 0.4) is 0 Å². The fourth-order valence-corrected chi connectivity index (χ4v) is 0. The first kappa shape index (κ1) is 18.0. The maximum absolute atomic E-state index is 8.12. The Morgan fingerprint density at radius 2 is 1.25 bits per heavy atom. The van der Waals surface area contributed by atoms with Gasteiger partial charge < -0.3 is 0 Å². The molecule has 0 radical (unpaired) electrons. The average molecular weight is 132 g/mol. The molecule has 0 heterocycles. The fourth-order valence-electron chi connectivity index (χ4n) is 0. The van der Waals surface area contributed by atoms with Crippen LogP contribution in [0.2, 0.25) is 0 Å². The Morgan fingerprint density at radius 1 is 1.25 bits per heavy atom. The van der Waals surface area contributed by atoms with E-state index >= 15 is 0 Å². The van der Waals surface area contributed by atoms with E-state index in [-0.39, 0.29) is 35.9 Å². The van der Waals surface area contributed by atoms with Crippen molar-refractivity contribution in [2.75, 3.05) is 0 Å². The predicted octanol–water partition coefficient (Wildman–Crippen LogP) is -0.772. The quantitative estimate of drug-likeness (QED) is 0.395. The number of hydrogen-bond donors (Lipinski definition) is 0. The van der Waals surface area contributed by atoms with Crippen LogP contribution in [0.1, 0.15) is 0 Å².